The van der Waals surface area contributed by atoms with E-state index in [-0.39, 0.29) is 19.0 Å². The number of benzene rings is 1. The van der Waals surface area contributed by atoms with Crippen LogP contribution in [-0.2, 0) is 14.2 Å². The standard InChI is InChI=1S/C15H15N3O6/c16-11-6-7-18(14(19)17-11)12-8-21-13(24-12)9-22-15(20)23-10-4-2-1-3-5-10/h1-7,12-13H,8-9H2,(H2,16,17,19)/t12-,13-/m0/s1. The molecule has 2 aromatic rings. The molecule has 2 heterocycles. The van der Waals surface area contributed by atoms with Crippen molar-refractivity contribution in [3.63, 3.8) is 0 Å². The third-order valence-electron chi connectivity index (χ3n) is 3.18. The van der Waals surface area contributed by atoms with Gasteiger partial charge >= 0.3 is 11.8 Å². The van der Waals surface area contributed by atoms with E-state index in [1.165, 1.54) is 16.8 Å². The Kier molecular flexibility index (Phi) is 4.73. The second-order valence-corrected chi connectivity index (χ2v) is 4.87. The van der Waals surface area contributed by atoms with Gasteiger partial charge < -0.3 is 24.7 Å². The molecule has 3 rings (SSSR count). The third kappa shape index (κ3) is 3.89. The van der Waals surface area contributed by atoms with Crippen LogP contribution in [0.4, 0.5) is 10.6 Å². The number of aromatic nitrogens is 2. The average Bonchev–Trinajstić information content (AvgIpc) is 3.02. The Morgan fingerprint density at radius 3 is 2.88 bits per heavy atom. The number of nitrogens with two attached hydrogens (primary N) is 1. The summed E-state index contributed by atoms with van der Waals surface area (Å²) in [4.78, 5) is 26.9. The highest BCUT2D eigenvalue weighted by molar-refractivity contribution is 5.63. The summed E-state index contributed by atoms with van der Waals surface area (Å²) in [5.74, 6) is 0.492. The number of hydrogen-bond donors (Lipinski definition) is 1. The number of anilines is 1. The van der Waals surface area contributed by atoms with Crippen molar-refractivity contribution >= 4 is 12.0 Å². The SMILES string of the molecule is Nc1ccn([C@@H]2CO[C@H](COC(=O)Oc3ccccc3)O2)c(=O)n1. The molecule has 0 bridgehead atoms. The highest BCUT2D eigenvalue weighted by Gasteiger charge is 2.29. The Bertz CT molecular complexity index is 763. The van der Waals surface area contributed by atoms with E-state index in [9.17, 15) is 9.59 Å². The number of nitrogen functional groups attached to an aromatic ring is 1. The van der Waals surface area contributed by atoms with Crippen LogP contribution in [0.2, 0.25) is 0 Å². The first-order valence-electron chi connectivity index (χ1n) is 7.13. The molecule has 126 valence electrons. The van der Waals surface area contributed by atoms with Gasteiger partial charge in [0.15, 0.2) is 12.5 Å². The lowest BCUT2D eigenvalue weighted by Gasteiger charge is -2.13. The molecule has 2 N–H and O–H groups in total. The second-order valence-electron chi connectivity index (χ2n) is 4.87. The minimum atomic E-state index is -0.872. The fourth-order valence-corrected chi connectivity index (χ4v) is 2.07. The van der Waals surface area contributed by atoms with E-state index < -0.39 is 24.4 Å². The molecule has 0 amide bonds. The number of nitrogens with zero attached hydrogens (tertiary/aromatic N) is 2. The van der Waals surface area contributed by atoms with Crippen molar-refractivity contribution in [3.8, 4) is 5.75 Å². The summed E-state index contributed by atoms with van der Waals surface area (Å²) in [6, 6.07) is 9.99. The van der Waals surface area contributed by atoms with E-state index in [0.717, 1.165) is 0 Å². The van der Waals surface area contributed by atoms with Gasteiger partial charge in [-0.2, -0.15) is 4.98 Å². The quantitative estimate of drug-likeness (QED) is 0.648. The van der Waals surface area contributed by atoms with Crippen molar-refractivity contribution in [2.75, 3.05) is 18.9 Å². The van der Waals surface area contributed by atoms with E-state index in [0.29, 0.717) is 5.75 Å². The maximum atomic E-state index is 11.7. The van der Waals surface area contributed by atoms with Crippen molar-refractivity contribution in [3.05, 3.63) is 53.1 Å². The highest BCUT2D eigenvalue weighted by Crippen LogP contribution is 2.20. The van der Waals surface area contributed by atoms with Crippen LogP contribution >= 0.6 is 0 Å². The molecule has 2 atom stereocenters. The van der Waals surface area contributed by atoms with Gasteiger partial charge in [0.2, 0.25) is 0 Å². The van der Waals surface area contributed by atoms with E-state index in [4.69, 9.17) is 24.7 Å². The highest BCUT2D eigenvalue weighted by atomic mass is 16.8. The summed E-state index contributed by atoms with van der Waals surface area (Å²) in [6.45, 7) is -0.0490. The smallest absolute Gasteiger partial charge is 0.429 e. The van der Waals surface area contributed by atoms with Gasteiger partial charge in [0.1, 0.15) is 18.2 Å². The molecule has 1 saturated heterocycles. The van der Waals surface area contributed by atoms with Gasteiger partial charge in [-0.15, -0.1) is 0 Å². The monoisotopic (exact) mass is 333 g/mol. The molecule has 9 nitrogen and oxygen atoms in total. The zero-order valence-electron chi connectivity index (χ0n) is 12.5. The number of carbonyl (C=O) groups is 1. The second kappa shape index (κ2) is 7.11. The number of rotatable bonds is 4. The van der Waals surface area contributed by atoms with Crippen LogP contribution < -0.4 is 16.2 Å². The first kappa shape index (κ1) is 16.0. The van der Waals surface area contributed by atoms with Crippen LogP contribution in [0.25, 0.3) is 0 Å². The average molecular weight is 333 g/mol. The number of hydrogen-bond acceptors (Lipinski definition) is 8. The van der Waals surface area contributed by atoms with Gasteiger partial charge in [-0.3, -0.25) is 4.57 Å². The number of para-hydroxylation sites is 1. The van der Waals surface area contributed by atoms with Crippen LogP contribution in [0, 0.1) is 0 Å². The summed E-state index contributed by atoms with van der Waals surface area (Å²) >= 11 is 0. The molecule has 9 heteroatoms. The maximum absolute atomic E-state index is 11.7. The number of ether oxygens (including phenoxy) is 4. The van der Waals surface area contributed by atoms with Gasteiger partial charge in [-0.05, 0) is 18.2 Å². The first-order valence-corrected chi connectivity index (χ1v) is 7.13. The molecule has 1 fully saturated rings. The molecular weight excluding hydrogens is 318 g/mol. The summed E-state index contributed by atoms with van der Waals surface area (Å²) < 4.78 is 22.0. The Morgan fingerprint density at radius 2 is 2.12 bits per heavy atom. The molecule has 1 aromatic heterocycles. The predicted molar refractivity (Wildman–Crippen MR) is 81.2 cm³/mol. The van der Waals surface area contributed by atoms with Crippen molar-refractivity contribution in [1.82, 2.24) is 9.55 Å². The van der Waals surface area contributed by atoms with Crippen LogP contribution in [0.15, 0.2) is 47.4 Å². The molecule has 1 aliphatic rings. The lowest BCUT2D eigenvalue weighted by atomic mass is 10.3. The lowest BCUT2D eigenvalue weighted by Crippen LogP contribution is -2.29. The van der Waals surface area contributed by atoms with Crippen LogP contribution in [-0.4, -0.2) is 35.2 Å². The fourth-order valence-electron chi connectivity index (χ4n) is 2.07. The van der Waals surface area contributed by atoms with E-state index in [1.54, 1.807) is 30.3 Å². The minimum absolute atomic E-state index is 0.118. The molecule has 0 radical (unpaired) electrons. The Morgan fingerprint density at radius 1 is 1.33 bits per heavy atom. The number of carbonyl (C=O) groups excluding carboxylic acids is 1. The van der Waals surface area contributed by atoms with E-state index in [1.807, 2.05) is 0 Å². The third-order valence-corrected chi connectivity index (χ3v) is 3.18. The first-order chi connectivity index (χ1) is 11.6. The van der Waals surface area contributed by atoms with Crippen molar-refractivity contribution in [1.29, 1.82) is 0 Å². The summed E-state index contributed by atoms with van der Waals surface area (Å²) in [5.41, 5.74) is 4.88. The van der Waals surface area contributed by atoms with Gasteiger partial charge in [-0.1, -0.05) is 18.2 Å². The largest absolute Gasteiger partial charge is 0.514 e. The topological polar surface area (TPSA) is 115 Å². The van der Waals surface area contributed by atoms with Gasteiger partial charge in [0, 0.05) is 6.20 Å². The molecule has 0 spiro atoms. The molecule has 0 aliphatic carbocycles. The predicted octanol–water partition coefficient (Wildman–Crippen LogP) is 0.913. The zero-order valence-corrected chi connectivity index (χ0v) is 12.5. The van der Waals surface area contributed by atoms with E-state index >= 15 is 0 Å². The van der Waals surface area contributed by atoms with Crippen molar-refractivity contribution in [2.24, 2.45) is 0 Å². The lowest BCUT2D eigenvalue weighted by molar-refractivity contribution is -0.105. The van der Waals surface area contributed by atoms with Gasteiger partial charge in [0.25, 0.3) is 0 Å². The summed E-state index contributed by atoms with van der Waals surface area (Å²) in [6.07, 6.45) is -0.874. The Hall–Kier alpha value is -2.91. The fraction of sp³-hybridized carbons (Fsp3) is 0.267. The molecule has 1 aromatic carbocycles. The van der Waals surface area contributed by atoms with Crippen molar-refractivity contribution in [2.45, 2.75) is 12.5 Å². The van der Waals surface area contributed by atoms with Gasteiger partial charge in [0.05, 0.1) is 6.61 Å². The normalized spacial score (nSPS) is 19.8. The van der Waals surface area contributed by atoms with Crippen LogP contribution in [0.5, 0.6) is 5.75 Å². The van der Waals surface area contributed by atoms with E-state index in [2.05, 4.69) is 4.98 Å². The zero-order chi connectivity index (χ0) is 16.9. The molecule has 24 heavy (non-hydrogen) atoms. The molecule has 0 saturated carbocycles. The Balaban J connectivity index is 1.49. The Labute approximate surface area is 136 Å². The van der Waals surface area contributed by atoms with Crippen molar-refractivity contribution < 1.29 is 23.7 Å². The van der Waals surface area contributed by atoms with Crippen LogP contribution in [0.3, 0.4) is 0 Å². The minimum Gasteiger partial charge on any atom is -0.429 e. The summed E-state index contributed by atoms with van der Waals surface area (Å²) in [5, 5.41) is 0. The van der Waals surface area contributed by atoms with Crippen LogP contribution in [0.1, 0.15) is 6.23 Å². The molecule has 0 unspecified atom stereocenters. The van der Waals surface area contributed by atoms with Gasteiger partial charge in [-0.25, -0.2) is 9.59 Å². The molecular formula is C15H15N3O6. The summed E-state index contributed by atoms with van der Waals surface area (Å²) in [7, 11) is 0. The molecule has 1 aliphatic heterocycles. The maximum Gasteiger partial charge on any atom is 0.514 e.